The second-order valence-electron chi connectivity index (χ2n) is 7.60. The first kappa shape index (κ1) is 20.9. The standard InChI is InChI=1S/C23H24N4OS2/c24-12-17-5-3-6-18(11-17)14-27-10-4-7-19(15-27)13-25-22(28)16-29-23-26-20-8-1-2-9-21(20)30-23/h1-3,5-6,8-9,11,19H,4,7,10,13-16H2,(H,25,28). The summed E-state index contributed by atoms with van der Waals surface area (Å²) < 4.78 is 2.10. The molecular formula is C23H24N4OS2. The van der Waals surface area contributed by atoms with Crippen molar-refractivity contribution in [1.82, 2.24) is 15.2 Å². The monoisotopic (exact) mass is 436 g/mol. The lowest BCUT2D eigenvalue weighted by atomic mass is 9.97. The number of rotatable bonds is 7. The third kappa shape index (κ3) is 5.60. The van der Waals surface area contributed by atoms with Gasteiger partial charge in [-0.3, -0.25) is 9.69 Å². The maximum absolute atomic E-state index is 12.3. The van der Waals surface area contributed by atoms with Crippen molar-refractivity contribution in [2.45, 2.75) is 23.7 Å². The summed E-state index contributed by atoms with van der Waals surface area (Å²) in [4.78, 5) is 19.3. The molecule has 1 atom stereocenters. The number of para-hydroxylation sites is 1. The molecule has 30 heavy (non-hydrogen) atoms. The average molecular weight is 437 g/mol. The highest BCUT2D eigenvalue weighted by atomic mass is 32.2. The van der Waals surface area contributed by atoms with Crippen LogP contribution in [-0.2, 0) is 11.3 Å². The molecule has 0 aliphatic carbocycles. The molecule has 7 heteroatoms. The molecule has 154 valence electrons. The lowest BCUT2D eigenvalue weighted by molar-refractivity contribution is -0.118. The highest BCUT2D eigenvalue weighted by Crippen LogP contribution is 2.29. The van der Waals surface area contributed by atoms with Gasteiger partial charge in [-0.05, 0) is 55.1 Å². The van der Waals surface area contributed by atoms with E-state index in [9.17, 15) is 4.79 Å². The Hall–Kier alpha value is -2.40. The molecule has 2 heterocycles. The van der Waals surface area contributed by atoms with Crippen molar-refractivity contribution in [1.29, 1.82) is 5.26 Å². The molecular weight excluding hydrogens is 412 g/mol. The zero-order valence-electron chi connectivity index (χ0n) is 16.7. The Morgan fingerprint density at radius 3 is 3.07 bits per heavy atom. The molecule has 4 rings (SSSR count). The zero-order chi connectivity index (χ0) is 20.8. The molecule has 0 radical (unpaired) electrons. The molecule has 1 unspecified atom stereocenters. The second kappa shape index (κ2) is 10.1. The Labute approximate surface area is 185 Å². The number of amides is 1. The molecule has 1 saturated heterocycles. The first-order valence-electron chi connectivity index (χ1n) is 10.2. The van der Waals surface area contributed by atoms with Crippen LogP contribution in [0.25, 0.3) is 10.2 Å². The minimum absolute atomic E-state index is 0.0677. The van der Waals surface area contributed by atoms with Crippen molar-refractivity contribution in [3.63, 3.8) is 0 Å². The number of nitriles is 1. The molecule has 1 N–H and O–H groups in total. The largest absolute Gasteiger partial charge is 0.355 e. The predicted molar refractivity (Wildman–Crippen MR) is 123 cm³/mol. The molecule has 1 aliphatic rings. The minimum atomic E-state index is 0.0677. The smallest absolute Gasteiger partial charge is 0.230 e. The molecule has 2 aromatic carbocycles. The normalized spacial score (nSPS) is 17.0. The van der Waals surface area contributed by atoms with Crippen molar-refractivity contribution in [3.05, 3.63) is 59.7 Å². The van der Waals surface area contributed by atoms with E-state index in [4.69, 9.17) is 5.26 Å². The second-order valence-corrected chi connectivity index (χ2v) is 9.85. The summed E-state index contributed by atoms with van der Waals surface area (Å²) in [6.45, 7) is 3.61. The summed E-state index contributed by atoms with van der Waals surface area (Å²) in [6, 6.07) is 18.1. The number of nitrogens with zero attached hydrogens (tertiary/aromatic N) is 3. The van der Waals surface area contributed by atoms with Gasteiger partial charge in [0.25, 0.3) is 0 Å². The van der Waals surface area contributed by atoms with E-state index in [1.807, 2.05) is 36.4 Å². The van der Waals surface area contributed by atoms with E-state index in [1.54, 1.807) is 11.3 Å². The van der Waals surface area contributed by atoms with Crippen molar-refractivity contribution in [3.8, 4) is 6.07 Å². The van der Waals surface area contributed by atoms with E-state index in [0.29, 0.717) is 23.8 Å². The van der Waals surface area contributed by atoms with Crippen LogP contribution >= 0.6 is 23.1 Å². The van der Waals surface area contributed by atoms with Crippen LogP contribution in [0.15, 0.2) is 52.9 Å². The van der Waals surface area contributed by atoms with Crippen molar-refractivity contribution in [2.75, 3.05) is 25.4 Å². The van der Waals surface area contributed by atoms with Crippen molar-refractivity contribution in [2.24, 2.45) is 5.92 Å². The summed E-state index contributed by atoms with van der Waals surface area (Å²) >= 11 is 3.14. The Kier molecular flexibility index (Phi) is 7.00. The number of fused-ring (bicyclic) bond motifs is 1. The van der Waals surface area contributed by atoms with Crippen LogP contribution in [0.3, 0.4) is 0 Å². The SMILES string of the molecule is N#Cc1cccc(CN2CCCC(CNC(=O)CSc3nc4ccccc4s3)C2)c1. The molecule has 1 aliphatic heterocycles. The van der Waals surface area contributed by atoms with E-state index in [1.165, 1.54) is 17.3 Å². The molecule has 0 bridgehead atoms. The van der Waals surface area contributed by atoms with Gasteiger partial charge < -0.3 is 5.32 Å². The summed E-state index contributed by atoms with van der Waals surface area (Å²) in [6.07, 6.45) is 2.28. The van der Waals surface area contributed by atoms with Gasteiger partial charge in [-0.2, -0.15) is 5.26 Å². The molecule has 3 aromatic rings. The number of benzene rings is 2. The van der Waals surface area contributed by atoms with Crippen LogP contribution in [0, 0.1) is 17.2 Å². The van der Waals surface area contributed by atoms with Gasteiger partial charge in [0.05, 0.1) is 27.6 Å². The molecule has 1 aromatic heterocycles. The van der Waals surface area contributed by atoms with Crippen LogP contribution in [0.5, 0.6) is 0 Å². The fourth-order valence-electron chi connectivity index (χ4n) is 3.81. The highest BCUT2D eigenvalue weighted by Gasteiger charge is 2.20. The van der Waals surface area contributed by atoms with Gasteiger partial charge in [-0.15, -0.1) is 11.3 Å². The zero-order valence-corrected chi connectivity index (χ0v) is 18.3. The van der Waals surface area contributed by atoms with E-state index in [-0.39, 0.29) is 5.91 Å². The highest BCUT2D eigenvalue weighted by molar-refractivity contribution is 8.01. The molecule has 0 spiro atoms. The quantitative estimate of drug-likeness (QED) is 0.560. The van der Waals surface area contributed by atoms with Gasteiger partial charge in [0.15, 0.2) is 4.34 Å². The summed E-state index contributed by atoms with van der Waals surface area (Å²) in [7, 11) is 0. The van der Waals surface area contributed by atoms with Crippen LogP contribution in [0.1, 0.15) is 24.0 Å². The summed E-state index contributed by atoms with van der Waals surface area (Å²) in [5, 5.41) is 12.2. The third-order valence-corrected chi connectivity index (χ3v) is 7.43. The Bertz CT molecular complexity index is 1030. The van der Waals surface area contributed by atoms with Crippen molar-refractivity contribution < 1.29 is 4.79 Å². The van der Waals surface area contributed by atoms with Gasteiger partial charge in [0, 0.05) is 19.6 Å². The maximum atomic E-state index is 12.3. The molecule has 0 saturated carbocycles. The average Bonchev–Trinajstić information content (AvgIpc) is 3.20. The molecule has 1 fully saturated rings. The van der Waals surface area contributed by atoms with E-state index < -0.39 is 0 Å². The number of thioether (sulfide) groups is 1. The molecule has 1 amide bonds. The fourth-order valence-corrected chi connectivity index (χ4v) is 5.71. The summed E-state index contributed by atoms with van der Waals surface area (Å²) in [5.41, 5.74) is 2.87. The number of nitrogens with one attached hydrogen (secondary N) is 1. The molecule has 5 nitrogen and oxygen atoms in total. The fraction of sp³-hybridized carbons (Fsp3) is 0.348. The predicted octanol–water partition coefficient (Wildman–Crippen LogP) is 4.29. The number of carbonyl (C=O) groups is 1. The minimum Gasteiger partial charge on any atom is -0.355 e. The van der Waals surface area contributed by atoms with Gasteiger partial charge in [-0.1, -0.05) is 36.0 Å². The van der Waals surface area contributed by atoms with Crippen molar-refractivity contribution >= 4 is 39.2 Å². The van der Waals surface area contributed by atoms with Gasteiger partial charge in [0.2, 0.25) is 5.91 Å². The topological polar surface area (TPSA) is 69.0 Å². The van der Waals surface area contributed by atoms with Gasteiger partial charge in [0.1, 0.15) is 0 Å². The number of aromatic nitrogens is 1. The lowest BCUT2D eigenvalue weighted by Gasteiger charge is -2.32. The van der Waals surface area contributed by atoms with E-state index in [2.05, 4.69) is 33.4 Å². The Morgan fingerprint density at radius 1 is 1.30 bits per heavy atom. The summed E-state index contributed by atoms with van der Waals surface area (Å²) in [5.74, 6) is 0.935. The van der Waals surface area contributed by atoms with Gasteiger partial charge in [-0.25, -0.2) is 4.98 Å². The first-order chi connectivity index (χ1) is 14.7. The van der Waals surface area contributed by atoms with Crippen LogP contribution in [0.4, 0.5) is 0 Å². The number of carbonyl (C=O) groups excluding carboxylic acids is 1. The Balaban J connectivity index is 1.22. The van der Waals surface area contributed by atoms with Crippen LogP contribution < -0.4 is 5.32 Å². The number of hydrogen-bond donors (Lipinski definition) is 1. The van der Waals surface area contributed by atoms with E-state index >= 15 is 0 Å². The number of piperidine rings is 1. The third-order valence-electron chi connectivity index (χ3n) is 5.25. The van der Waals surface area contributed by atoms with E-state index in [0.717, 1.165) is 47.0 Å². The number of hydrogen-bond acceptors (Lipinski definition) is 6. The number of thiazole rings is 1. The van der Waals surface area contributed by atoms with Crippen LogP contribution in [-0.4, -0.2) is 41.2 Å². The van der Waals surface area contributed by atoms with Gasteiger partial charge >= 0.3 is 0 Å². The lowest BCUT2D eigenvalue weighted by Crippen LogP contribution is -2.40. The maximum Gasteiger partial charge on any atom is 0.230 e. The van der Waals surface area contributed by atoms with Crippen LogP contribution in [0.2, 0.25) is 0 Å². The number of likely N-dealkylation sites (tertiary alicyclic amines) is 1. The Morgan fingerprint density at radius 2 is 2.20 bits per heavy atom. The first-order valence-corrected chi connectivity index (χ1v) is 12.0.